The van der Waals surface area contributed by atoms with Crippen LogP contribution in [0.1, 0.15) is 28.7 Å². The molecule has 4 aromatic rings. The van der Waals surface area contributed by atoms with E-state index in [4.69, 9.17) is 4.74 Å². The van der Waals surface area contributed by atoms with E-state index in [0.717, 1.165) is 36.0 Å². The average molecular weight is 439 g/mol. The third kappa shape index (κ3) is 2.88. The quantitative estimate of drug-likeness (QED) is 0.480. The summed E-state index contributed by atoms with van der Waals surface area (Å²) in [6, 6.07) is 26.9. The first-order valence-electron chi connectivity index (χ1n) is 11.8. The molecule has 1 fully saturated rings. The number of nitrogens with zero attached hydrogens (tertiary/aromatic N) is 1. The van der Waals surface area contributed by atoms with Gasteiger partial charge in [-0.25, -0.2) is 0 Å². The predicted octanol–water partition coefficient (Wildman–Crippen LogP) is 4.82. The summed E-state index contributed by atoms with van der Waals surface area (Å²) >= 11 is 0. The maximum atomic E-state index is 12.6. The van der Waals surface area contributed by atoms with E-state index in [9.17, 15) is 5.11 Å². The third-order valence-corrected chi connectivity index (χ3v) is 8.17. The molecule has 1 aliphatic carbocycles. The number of aliphatic hydroxyl groups is 1. The zero-order valence-corrected chi connectivity index (χ0v) is 19.2. The number of ether oxygens (including phenoxy) is 1. The molecule has 1 aromatic heterocycles. The highest BCUT2D eigenvalue weighted by Crippen LogP contribution is 2.53. The van der Waals surface area contributed by atoms with Gasteiger partial charge in [0.2, 0.25) is 0 Å². The van der Waals surface area contributed by atoms with Crippen LogP contribution >= 0.6 is 0 Å². The number of aromatic nitrogens is 1. The van der Waals surface area contributed by atoms with Crippen LogP contribution in [0.2, 0.25) is 0 Å². The highest BCUT2D eigenvalue weighted by molar-refractivity contribution is 5.88. The van der Waals surface area contributed by atoms with E-state index in [2.05, 4.69) is 41.3 Å². The molecule has 2 N–H and O–H groups in total. The Morgan fingerprint density at radius 1 is 0.970 bits per heavy atom. The van der Waals surface area contributed by atoms with Crippen LogP contribution < -0.4 is 0 Å². The second kappa shape index (κ2) is 7.56. The molecule has 3 aromatic carbocycles. The van der Waals surface area contributed by atoms with Gasteiger partial charge < -0.3 is 14.8 Å². The van der Waals surface area contributed by atoms with E-state index >= 15 is 0 Å². The fourth-order valence-corrected chi connectivity index (χ4v) is 6.62. The number of likely N-dealkylation sites (tertiary alicyclic amines) is 1. The second-order valence-electron chi connectivity index (χ2n) is 9.69. The molecule has 0 amide bonds. The molecular weight excluding hydrogens is 408 g/mol. The molecular formula is C29H30N2O2. The Morgan fingerprint density at radius 2 is 1.64 bits per heavy atom. The molecule has 6 rings (SSSR count). The summed E-state index contributed by atoms with van der Waals surface area (Å²) in [5.41, 5.74) is 3.97. The molecule has 0 saturated carbocycles. The molecule has 2 aliphatic rings. The SMILES string of the molecule is CO[C@]12C[C@@H](C(O)(c3ccccc3)c3ccccc3)CN(C)[C@@H]1Cc1c[nH]c3cccc2c13. The minimum atomic E-state index is -1.13. The van der Waals surface area contributed by atoms with Gasteiger partial charge in [-0.1, -0.05) is 72.8 Å². The Balaban J connectivity index is 1.54. The monoisotopic (exact) mass is 438 g/mol. The Kier molecular flexibility index (Phi) is 4.73. The van der Waals surface area contributed by atoms with Gasteiger partial charge in [-0.15, -0.1) is 0 Å². The van der Waals surface area contributed by atoms with E-state index < -0.39 is 11.2 Å². The zero-order chi connectivity index (χ0) is 22.6. The Labute approximate surface area is 194 Å². The summed E-state index contributed by atoms with van der Waals surface area (Å²) in [7, 11) is 4.02. The van der Waals surface area contributed by atoms with Gasteiger partial charge in [0.05, 0.1) is 0 Å². The Morgan fingerprint density at radius 3 is 2.27 bits per heavy atom. The third-order valence-electron chi connectivity index (χ3n) is 8.17. The maximum Gasteiger partial charge on any atom is 0.119 e. The summed E-state index contributed by atoms with van der Waals surface area (Å²) in [5, 5.41) is 13.8. The number of methoxy groups -OCH3 is 1. The van der Waals surface area contributed by atoms with Crippen molar-refractivity contribution < 1.29 is 9.84 Å². The molecule has 33 heavy (non-hydrogen) atoms. The van der Waals surface area contributed by atoms with Gasteiger partial charge in [0.25, 0.3) is 0 Å². The Bertz CT molecular complexity index is 1240. The molecule has 0 unspecified atom stereocenters. The molecule has 3 atom stereocenters. The van der Waals surface area contributed by atoms with Gasteiger partial charge in [-0.3, -0.25) is 4.90 Å². The smallest absolute Gasteiger partial charge is 0.119 e. The van der Waals surface area contributed by atoms with Gasteiger partial charge in [0, 0.05) is 42.7 Å². The lowest BCUT2D eigenvalue weighted by atomic mass is 9.63. The topological polar surface area (TPSA) is 48.5 Å². The summed E-state index contributed by atoms with van der Waals surface area (Å²) in [5.74, 6) is -0.0563. The van der Waals surface area contributed by atoms with Crippen molar-refractivity contribution in [1.82, 2.24) is 9.88 Å². The standard InChI is InChI=1S/C29H30N2O2/c1-31-19-23(29(32,21-10-5-3-6-11-21)22-12-7-4-8-13-22)17-28(33-2)24-14-9-15-25-27(24)20(18-30-25)16-26(28)31/h3-15,18,23,26,30,32H,16-17,19H2,1-2H3/t23-,26-,28+/m1/s1. The van der Waals surface area contributed by atoms with E-state index in [1.54, 1.807) is 0 Å². The molecule has 168 valence electrons. The Hall–Kier alpha value is -2.92. The molecule has 4 heteroatoms. The van der Waals surface area contributed by atoms with Crippen molar-refractivity contribution in [2.75, 3.05) is 20.7 Å². The lowest BCUT2D eigenvalue weighted by molar-refractivity contribution is -0.155. The van der Waals surface area contributed by atoms with Gasteiger partial charge in [0.1, 0.15) is 11.2 Å². The molecule has 0 radical (unpaired) electrons. The van der Waals surface area contributed by atoms with E-state index in [-0.39, 0.29) is 12.0 Å². The molecule has 0 spiro atoms. The van der Waals surface area contributed by atoms with Crippen molar-refractivity contribution in [3.8, 4) is 0 Å². The van der Waals surface area contributed by atoms with Crippen molar-refractivity contribution in [2.45, 2.75) is 30.1 Å². The van der Waals surface area contributed by atoms with Crippen molar-refractivity contribution in [3.05, 3.63) is 107 Å². The van der Waals surface area contributed by atoms with Crippen LogP contribution in [-0.4, -0.2) is 41.7 Å². The lowest BCUT2D eigenvalue weighted by Crippen LogP contribution is -2.62. The first-order chi connectivity index (χ1) is 16.1. The fraction of sp³-hybridized carbons (Fsp3) is 0.310. The number of H-pyrrole nitrogens is 1. The van der Waals surface area contributed by atoms with Crippen LogP contribution in [0.4, 0.5) is 0 Å². The molecule has 0 bridgehead atoms. The van der Waals surface area contributed by atoms with Crippen molar-refractivity contribution >= 4 is 10.9 Å². The van der Waals surface area contributed by atoms with Crippen molar-refractivity contribution in [1.29, 1.82) is 0 Å². The summed E-state index contributed by atoms with van der Waals surface area (Å²) in [6.45, 7) is 0.784. The minimum Gasteiger partial charge on any atom is -0.380 e. The number of piperidine rings is 1. The van der Waals surface area contributed by atoms with Gasteiger partial charge in [-0.05, 0) is 48.2 Å². The molecule has 4 nitrogen and oxygen atoms in total. The first-order valence-corrected chi connectivity index (χ1v) is 11.8. The predicted molar refractivity (Wildman–Crippen MR) is 131 cm³/mol. The number of nitrogens with one attached hydrogen (secondary N) is 1. The number of hydrogen-bond donors (Lipinski definition) is 2. The number of fused-ring (bicyclic) bond motifs is 2. The van der Waals surface area contributed by atoms with Crippen LogP contribution in [0.25, 0.3) is 10.9 Å². The summed E-state index contributed by atoms with van der Waals surface area (Å²) in [4.78, 5) is 5.86. The molecule has 2 heterocycles. The molecule has 1 saturated heterocycles. The van der Waals surface area contributed by atoms with Crippen molar-refractivity contribution in [3.63, 3.8) is 0 Å². The zero-order valence-electron chi connectivity index (χ0n) is 19.2. The van der Waals surface area contributed by atoms with Crippen LogP contribution in [0, 0.1) is 5.92 Å². The van der Waals surface area contributed by atoms with E-state index in [1.807, 2.05) is 67.8 Å². The van der Waals surface area contributed by atoms with Crippen LogP contribution in [0.3, 0.4) is 0 Å². The largest absolute Gasteiger partial charge is 0.380 e. The first kappa shape index (κ1) is 20.7. The number of aromatic amines is 1. The van der Waals surface area contributed by atoms with Crippen LogP contribution in [0.5, 0.6) is 0 Å². The van der Waals surface area contributed by atoms with E-state index in [0.29, 0.717) is 0 Å². The van der Waals surface area contributed by atoms with Gasteiger partial charge in [0.15, 0.2) is 0 Å². The highest BCUT2D eigenvalue weighted by Gasteiger charge is 2.56. The lowest BCUT2D eigenvalue weighted by Gasteiger charge is -2.56. The normalized spacial score (nSPS) is 25.2. The van der Waals surface area contributed by atoms with Crippen LogP contribution in [0.15, 0.2) is 85.1 Å². The second-order valence-corrected chi connectivity index (χ2v) is 9.69. The van der Waals surface area contributed by atoms with Crippen molar-refractivity contribution in [2.24, 2.45) is 5.92 Å². The van der Waals surface area contributed by atoms with Gasteiger partial charge >= 0.3 is 0 Å². The minimum absolute atomic E-state index is 0.0563. The van der Waals surface area contributed by atoms with Gasteiger partial charge in [-0.2, -0.15) is 0 Å². The fourth-order valence-electron chi connectivity index (χ4n) is 6.62. The summed E-state index contributed by atoms with van der Waals surface area (Å²) < 4.78 is 6.50. The van der Waals surface area contributed by atoms with Crippen LogP contribution in [-0.2, 0) is 22.4 Å². The average Bonchev–Trinajstić information content (AvgIpc) is 3.29. The maximum absolute atomic E-state index is 12.6. The highest BCUT2D eigenvalue weighted by atomic mass is 16.5. The number of benzene rings is 3. The summed E-state index contributed by atoms with van der Waals surface area (Å²) in [6.07, 6.45) is 3.82. The number of hydrogen-bond acceptors (Lipinski definition) is 3. The number of rotatable bonds is 4. The molecule has 1 aliphatic heterocycles. The number of likely N-dealkylation sites (N-methyl/N-ethyl adjacent to an activating group) is 1. The van der Waals surface area contributed by atoms with E-state index in [1.165, 1.54) is 16.5 Å².